The molecule has 3 rings (SSSR count). The molecule has 1 aromatic heterocycles. The number of para-hydroxylation sites is 1. The predicted molar refractivity (Wildman–Crippen MR) is 71.9 cm³/mol. The van der Waals surface area contributed by atoms with E-state index in [1.54, 1.807) is 18.2 Å². The second kappa shape index (κ2) is 4.69. The zero-order valence-corrected chi connectivity index (χ0v) is 10.9. The zero-order chi connectivity index (χ0) is 15.1. The number of ether oxygens (including phenoxy) is 1. The number of imidazole rings is 1. The van der Waals surface area contributed by atoms with Crippen molar-refractivity contribution in [2.45, 2.75) is 0 Å². The van der Waals surface area contributed by atoms with E-state index in [-0.39, 0.29) is 5.95 Å². The van der Waals surface area contributed by atoms with Gasteiger partial charge in [-0.1, -0.05) is 6.07 Å². The molecule has 0 saturated heterocycles. The molecular formula is C14H10F3N3O. The van der Waals surface area contributed by atoms with Crippen LogP contribution in [0.1, 0.15) is 0 Å². The van der Waals surface area contributed by atoms with Crippen LogP contribution in [0, 0.1) is 17.5 Å². The third-order valence-electron chi connectivity index (χ3n) is 3.10. The highest BCUT2D eigenvalue weighted by molar-refractivity contribution is 5.86. The molecule has 0 bridgehead atoms. The molecule has 2 aromatic carbocycles. The molecule has 0 unspecified atom stereocenters. The van der Waals surface area contributed by atoms with E-state index >= 15 is 0 Å². The first-order valence-electron chi connectivity index (χ1n) is 5.98. The Morgan fingerprint density at radius 2 is 1.81 bits per heavy atom. The monoisotopic (exact) mass is 293 g/mol. The van der Waals surface area contributed by atoms with Crippen LogP contribution >= 0.6 is 0 Å². The smallest absolute Gasteiger partial charge is 0.206 e. The van der Waals surface area contributed by atoms with E-state index < -0.39 is 23.1 Å². The molecule has 2 N–H and O–H groups in total. The minimum atomic E-state index is -1.07. The Morgan fingerprint density at radius 3 is 2.43 bits per heavy atom. The fourth-order valence-corrected chi connectivity index (χ4v) is 2.24. The molecule has 0 aliphatic heterocycles. The number of hydrogen-bond donors (Lipinski definition) is 1. The fourth-order valence-electron chi connectivity index (χ4n) is 2.24. The van der Waals surface area contributed by atoms with Gasteiger partial charge >= 0.3 is 0 Å². The summed E-state index contributed by atoms with van der Waals surface area (Å²) < 4.78 is 47.1. The van der Waals surface area contributed by atoms with Crippen LogP contribution in [-0.2, 0) is 0 Å². The maximum absolute atomic E-state index is 13.9. The number of fused-ring (bicyclic) bond motifs is 1. The topological polar surface area (TPSA) is 53.1 Å². The normalized spacial score (nSPS) is 11.0. The molecule has 21 heavy (non-hydrogen) atoms. The van der Waals surface area contributed by atoms with Crippen molar-refractivity contribution in [2.24, 2.45) is 0 Å². The SMILES string of the molecule is COc1cccc2c1nc(N)n2-c1c(F)cc(F)cc1F. The van der Waals surface area contributed by atoms with Gasteiger partial charge in [-0.25, -0.2) is 18.2 Å². The summed E-state index contributed by atoms with van der Waals surface area (Å²) in [6.07, 6.45) is 0. The van der Waals surface area contributed by atoms with Crippen molar-refractivity contribution in [3.05, 3.63) is 47.8 Å². The van der Waals surface area contributed by atoms with Gasteiger partial charge in [0.05, 0.1) is 12.6 Å². The summed E-state index contributed by atoms with van der Waals surface area (Å²) in [4.78, 5) is 4.05. The number of nitrogens with two attached hydrogens (primary N) is 1. The van der Waals surface area contributed by atoms with Crippen LogP contribution in [-0.4, -0.2) is 16.7 Å². The standard InChI is InChI=1S/C14H10F3N3O/c1-21-11-4-2-3-10-12(11)19-14(18)20(10)13-8(16)5-7(15)6-9(13)17/h2-6H,1H3,(H2,18,19). The highest BCUT2D eigenvalue weighted by Gasteiger charge is 2.20. The number of hydrogen-bond acceptors (Lipinski definition) is 3. The predicted octanol–water partition coefficient (Wildman–Crippen LogP) is 3.03. The van der Waals surface area contributed by atoms with Gasteiger partial charge in [-0.05, 0) is 12.1 Å². The van der Waals surface area contributed by atoms with Gasteiger partial charge in [0.1, 0.15) is 22.8 Å². The Morgan fingerprint density at radius 1 is 1.14 bits per heavy atom. The quantitative estimate of drug-likeness (QED) is 0.790. The van der Waals surface area contributed by atoms with Gasteiger partial charge in [0.15, 0.2) is 11.6 Å². The second-order valence-electron chi connectivity index (χ2n) is 4.35. The van der Waals surface area contributed by atoms with Crippen molar-refractivity contribution in [3.63, 3.8) is 0 Å². The summed E-state index contributed by atoms with van der Waals surface area (Å²) in [5.41, 5.74) is 5.99. The molecule has 0 atom stereocenters. The minimum absolute atomic E-state index is 0.126. The lowest BCUT2D eigenvalue weighted by Gasteiger charge is -2.09. The molecule has 3 aromatic rings. The van der Waals surface area contributed by atoms with Gasteiger partial charge in [0.2, 0.25) is 5.95 Å². The number of nitrogen functional groups attached to an aromatic ring is 1. The summed E-state index contributed by atoms with van der Waals surface area (Å²) in [6.45, 7) is 0. The molecule has 0 aliphatic carbocycles. The van der Waals surface area contributed by atoms with Crippen LogP contribution < -0.4 is 10.5 Å². The van der Waals surface area contributed by atoms with E-state index in [1.807, 2.05) is 0 Å². The Bertz CT molecular complexity index is 822. The molecule has 0 saturated carbocycles. The van der Waals surface area contributed by atoms with E-state index in [2.05, 4.69) is 4.98 Å². The molecule has 4 nitrogen and oxygen atoms in total. The second-order valence-corrected chi connectivity index (χ2v) is 4.35. The van der Waals surface area contributed by atoms with Gasteiger partial charge < -0.3 is 10.5 Å². The first-order chi connectivity index (χ1) is 10.0. The van der Waals surface area contributed by atoms with Crippen molar-refractivity contribution in [1.82, 2.24) is 9.55 Å². The molecule has 1 heterocycles. The van der Waals surface area contributed by atoms with Crippen molar-refractivity contribution in [2.75, 3.05) is 12.8 Å². The first kappa shape index (κ1) is 13.3. The zero-order valence-electron chi connectivity index (χ0n) is 10.9. The Kier molecular flexibility index (Phi) is 2.97. The molecule has 108 valence electrons. The van der Waals surface area contributed by atoms with Crippen molar-refractivity contribution in [1.29, 1.82) is 0 Å². The van der Waals surface area contributed by atoms with Crippen molar-refractivity contribution >= 4 is 17.0 Å². The largest absolute Gasteiger partial charge is 0.494 e. The number of rotatable bonds is 2. The Labute approximate surface area is 117 Å². The Balaban J connectivity index is 2.39. The van der Waals surface area contributed by atoms with Gasteiger partial charge in [-0.2, -0.15) is 0 Å². The van der Waals surface area contributed by atoms with Gasteiger partial charge in [-0.15, -0.1) is 0 Å². The highest BCUT2D eigenvalue weighted by atomic mass is 19.1. The van der Waals surface area contributed by atoms with Crippen LogP contribution in [0.2, 0.25) is 0 Å². The molecule has 7 heteroatoms. The van der Waals surface area contributed by atoms with E-state index in [0.29, 0.717) is 28.9 Å². The number of nitrogens with zero attached hydrogens (tertiary/aromatic N) is 2. The number of benzene rings is 2. The fraction of sp³-hybridized carbons (Fsp3) is 0.0714. The number of halogens is 3. The van der Waals surface area contributed by atoms with E-state index in [0.717, 1.165) is 4.57 Å². The lowest BCUT2D eigenvalue weighted by Crippen LogP contribution is -2.06. The van der Waals surface area contributed by atoms with Crippen LogP contribution in [0.15, 0.2) is 30.3 Å². The maximum atomic E-state index is 13.9. The number of anilines is 1. The molecule has 0 spiro atoms. The molecule has 0 aliphatic rings. The lowest BCUT2D eigenvalue weighted by atomic mass is 10.2. The summed E-state index contributed by atoms with van der Waals surface area (Å²) in [7, 11) is 1.45. The van der Waals surface area contributed by atoms with Crippen LogP contribution in [0.3, 0.4) is 0 Å². The molecule has 0 fully saturated rings. The van der Waals surface area contributed by atoms with E-state index in [4.69, 9.17) is 10.5 Å². The van der Waals surface area contributed by atoms with Gasteiger partial charge in [0.25, 0.3) is 0 Å². The van der Waals surface area contributed by atoms with E-state index in [9.17, 15) is 13.2 Å². The third-order valence-corrected chi connectivity index (χ3v) is 3.10. The van der Waals surface area contributed by atoms with Gasteiger partial charge in [-0.3, -0.25) is 4.57 Å². The van der Waals surface area contributed by atoms with Crippen LogP contribution in [0.25, 0.3) is 16.7 Å². The average molecular weight is 293 g/mol. The first-order valence-corrected chi connectivity index (χ1v) is 5.98. The third kappa shape index (κ3) is 1.97. The highest BCUT2D eigenvalue weighted by Crippen LogP contribution is 2.31. The summed E-state index contributed by atoms with van der Waals surface area (Å²) in [6, 6.07) is 6.05. The maximum Gasteiger partial charge on any atom is 0.206 e. The minimum Gasteiger partial charge on any atom is -0.494 e. The number of methoxy groups -OCH3 is 1. The summed E-state index contributed by atoms with van der Waals surface area (Å²) >= 11 is 0. The summed E-state index contributed by atoms with van der Waals surface area (Å²) in [5, 5.41) is 0. The van der Waals surface area contributed by atoms with Crippen molar-refractivity contribution < 1.29 is 17.9 Å². The molecular weight excluding hydrogens is 283 g/mol. The molecule has 0 amide bonds. The van der Waals surface area contributed by atoms with Crippen LogP contribution in [0.4, 0.5) is 19.1 Å². The lowest BCUT2D eigenvalue weighted by molar-refractivity contribution is 0.419. The molecule has 0 radical (unpaired) electrons. The summed E-state index contributed by atoms with van der Waals surface area (Å²) in [5.74, 6) is -2.85. The Hall–Kier alpha value is -2.70. The van der Waals surface area contributed by atoms with Gasteiger partial charge in [0, 0.05) is 12.1 Å². The van der Waals surface area contributed by atoms with Crippen LogP contribution in [0.5, 0.6) is 5.75 Å². The van der Waals surface area contributed by atoms with E-state index in [1.165, 1.54) is 7.11 Å². The van der Waals surface area contributed by atoms with Crippen molar-refractivity contribution in [3.8, 4) is 11.4 Å². The number of aromatic nitrogens is 2. The average Bonchev–Trinajstić information content (AvgIpc) is 2.74.